The van der Waals surface area contributed by atoms with Gasteiger partial charge in [0.25, 0.3) is 0 Å². The van der Waals surface area contributed by atoms with E-state index < -0.39 is 11.9 Å². The molecule has 0 fully saturated rings. The molecule has 0 aliphatic rings. The van der Waals surface area contributed by atoms with E-state index in [-0.39, 0.29) is 11.7 Å². The molecule has 0 bridgehead atoms. The average molecular weight is 248 g/mol. The van der Waals surface area contributed by atoms with Crippen LogP contribution in [-0.2, 0) is 0 Å². The SMILES string of the molecule is Cc1nc(-c2ccnc(OC(N)=O)n2)ccc1F. The average Bonchev–Trinajstić information content (AvgIpc) is 2.32. The van der Waals surface area contributed by atoms with Gasteiger partial charge in [0.2, 0.25) is 0 Å². The molecule has 0 aliphatic carbocycles. The van der Waals surface area contributed by atoms with Crippen molar-refractivity contribution in [2.24, 2.45) is 5.73 Å². The summed E-state index contributed by atoms with van der Waals surface area (Å²) in [5.74, 6) is -0.401. The van der Waals surface area contributed by atoms with Gasteiger partial charge in [0, 0.05) is 6.20 Å². The molecular formula is C11H9FN4O2. The molecule has 0 radical (unpaired) electrons. The number of primary amides is 1. The van der Waals surface area contributed by atoms with Crippen molar-refractivity contribution in [3.63, 3.8) is 0 Å². The van der Waals surface area contributed by atoms with E-state index in [2.05, 4.69) is 19.7 Å². The number of halogens is 1. The zero-order valence-corrected chi connectivity index (χ0v) is 9.42. The Kier molecular flexibility index (Phi) is 3.13. The minimum Gasteiger partial charge on any atom is -0.374 e. The van der Waals surface area contributed by atoms with Gasteiger partial charge in [0.15, 0.2) is 0 Å². The van der Waals surface area contributed by atoms with Crippen molar-refractivity contribution in [2.45, 2.75) is 6.92 Å². The maximum Gasteiger partial charge on any atom is 0.412 e. The topological polar surface area (TPSA) is 91.0 Å². The molecule has 0 unspecified atom stereocenters. The summed E-state index contributed by atoms with van der Waals surface area (Å²) in [7, 11) is 0. The van der Waals surface area contributed by atoms with Crippen molar-refractivity contribution < 1.29 is 13.9 Å². The third-order valence-corrected chi connectivity index (χ3v) is 2.11. The fourth-order valence-electron chi connectivity index (χ4n) is 1.31. The van der Waals surface area contributed by atoms with Crippen molar-refractivity contribution in [2.75, 3.05) is 0 Å². The zero-order valence-electron chi connectivity index (χ0n) is 9.42. The molecule has 18 heavy (non-hydrogen) atoms. The van der Waals surface area contributed by atoms with Crippen LogP contribution in [0, 0.1) is 12.7 Å². The molecule has 2 aromatic heterocycles. The highest BCUT2D eigenvalue weighted by molar-refractivity contribution is 5.67. The van der Waals surface area contributed by atoms with Gasteiger partial charge in [-0.3, -0.25) is 0 Å². The van der Waals surface area contributed by atoms with Crippen LogP contribution in [0.15, 0.2) is 24.4 Å². The maximum absolute atomic E-state index is 13.1. The van der Waals surface area contributed by atoms with Crippen molar-refractivity contribution in [1.29, 1.82) is 0 Å². The predicted molar refractivity (Wildman–Crippen MR) is 60.2 cm³/mol. The molecule has 2 N–H and O–H groups in total. The largest absolute Gasteiger partial charge is 0.412 e. The van der Waals surface area contributed by atoms with Crippen LogP contribution in [0.4, 0.5) is 9.18 Å². The number of aryl methyl sites for hydroxylation is 1. The molecule has 0 saturated heterocycles. The van der Waals surface area contributed by atoms with E-state index in [0.717, 1.165) is 0 Å². The Morgan fingerprint density at radius 2 is 2.00 bits per heavy atom. The minimum absolute atomic E-state index is 0.177. The fourth-order valence-corrected chi connectivity index (χ4v) is 1.31. The molecule has 0 spiro atoms. The Labute approximate surface area is 102 Å². The van der Waals surface area contributed by atoms with Crippen molar-refractivity contribution in [3.8, 4) is 17.4 Å². The number of carbonyl (C=O) groups excluding carboxylic acids is 1. The van der Waals surface area contributed by atoms with E-state index in [9.17, 15) is 9.18 Å². The van der Waals surface area contributed by atoms with Crippen molar-refractivity contribution in [1.82, 2.24) is 15.0 Å². The van der Waals surface area contributed by atoms with Gasteiger partial charge in [-0.1, -0.05) is 0 Å². The highest BCUT2D eigenvalue weighted by Gasteiger charge is 2.08. The lowest BCUT2D eigenvalue weighted by atomic mass is 10.2. The number of hydrogen-bond donors (Lipinski definition) is 1. The molecule has 0 saturated carbocycles. The summed E-state index contributed by atoms with van der Waals surface area (Å²) in [6.45, 7) is 1.54. The van der Waals surface area contributed by atoms with Gasteiger partial charge < -0.3 is 10.5 Å². The Morgan fingerprint density at radius 1 is 1.28 bits per heavy atom. The zero-order chi connectivity index (χ0) is 13.1. The van der Waals surface area contributed by atoms with E-state index in [1.165, 1.54) is 18.3 Å². The first kappa shape index (κ1) is 11.9. The van der Waals surface area contributed by atoms with E-state index in [0.29, 0.717) is 11.4 Å². The van der Waals surface area contributed by atoms with E-state index in [1.54, 1.807) is 13.0 Å². The Morgan fingerprint density at radius 3 is 2.67 bits per heavy atom. The summed E-state index contributed by atoms with van der Waals surface area (Å²) in [4.78, 5) is 22.2. The number of ether oxygens (including phenoxy) is 1. The third-order valence-electron chi connectivity index (χ3n) is 2.11. The van der Waals surface area contributed by atoms with Crippen LogP contribution in [0.1, 0.15) is 5.69 Å². The molecule has 1 amide bonds. The number of hydrogen-bond acceptors (Lipinski definition) is 5. The summed E-state index contributed by atoms with van der Waals surface area (Å²) >= 11 is 0. The number of aromatic nitrogens is 3. The lowest BCUT2D eigenvalue weighted by molar-refractivity contribution is 0.207. The van der Waals surface area contributed by atoms with E-state index in [1.807, 2.05) is 0 Å². The second-order valence-electron chi connectivity index (χ2n) is 3.41. The molecule has 6 nitrogen and oxygen atoms in total. The number of nitrogens with two attached hydrogens (primary N) is 1. The second-order valence-corrected chi connectivity index (χ2v) is 3.41. The smallest absolute Gasteiger partial charge is 0.374 e. The van der Waals surface area contributed by atoms with Crippen LogP contribution in [0.2, 0.25) is 0 Å². The summed E-state index contributed by atoms with van der Waals surface area (Å²) in [6.07, 6.45) is 0.386. The number of nitrogens with zero attached hydrogens (tertiary/aromatic N) is 3. The number of carbonyl (C=O) groups is 1. The first-order chi connectivity index (χ1) is 8.56. The quantitative estimate of drug-likeness (QED) is 0.868. The standard InChI is InChI=1S/C11H9FN4O2/c1-6-7(12)2-3-8(15-6)9-4-5-14-11(16-9)18-10(13)17/h2-5H,1H3,(H2,13,17). The Hall–Kier alpha value is -2.57. The maximum atomic E-state index is 13.1. The van der Waals surface area contributed by atoms with Gasteiger partial charge >= 0.3 is 12.1 Å². The minimum atomic E-state index is -1.00. The lowest BCUT2D eigenvalue weighted by Crippen LogP contribution is -2.17. The lowest BCUT2D eigenvalue weighted by Gasteiger charge is -2.03. The van der Waals surface area contributed by atoms with Gasteiger partial charge in [-0.05, 0) is 25.1 Å². The molecule has 0 aliphatic heterocycles. The number of amides is 1. The first-order valence-electron chi connectivity index (χ1n) is 5.00. The molecule has 92 valence electrons. The molecule has 7 heteroatoms. The highest BCUT2D eigenvalue weighted by Crippen LogP contribution is 2.17. The van der Waals surface area contributed by atoms with E-state index in [4.69, 9.17) is 5.73 Å². The van der Waals surface area contributed by atoms with E-state index >= 15 is 0 Å². The van der Waals surface area contributed by atoms with Crippen LogP contribution < -0.4 is 10.5 Å². The van der Waals surface area contributed by atoms with Gasteiger partial charge in [0.05, 0.1) is 17.1 Å². The molecular weight excluding hydrogens is 239 g/mol. The highest BCUT2D eigenvalue weighted by atomic mass is 19.1. The van der Waals surface area contributed by atoms with Gasteiger partial charge in [-0.2, -0.15) is 4.98 Å². The van der Waals surface area contributed by atoms with Gasteiger partial charge in [0.1, 0.15) is 5.82 Å². The molecule has 0 aromatic carbocycles. The van der Waals surface area contributed by atoms with Crippen molar-refractivity contribution >= 4 is 6.09 Å². The molecule has 2 aromatic rings. The molecule has 0 atom stereocenters. The number of pyridine rings is 1. The third kappa shape index (κ3) is 2.57. The summed E-state index contributed by atoms with van der Waals surface area (Å²) in [5, 5.41) is 0. The summed E-state index contributed by atoms with van der Waals surface area (Å²) < 4.78 is 17.6. The molecule has 2 rings (SSSR count). The van der Waals surface area contributed by atoms with Crippen LogP contribution in [-0.4, -0.2) is 21.0 Å². The predicted octanol–water partition coefficient (Wildman–Crippen LogP) is 1.44. The summed E-state index contributed by atoms with van der Waals surface area (Å²) in [5.41, 5.74) is 5.96. The first-order valence-corrected chi connectivity index (χ1v) is 5.00. The number of rotatable bonds is 2. The van der Waals surface area contributed by atoms with Crippen LogP contribution >= 0.6 is 0 Å². The van der Waals surface area contributed by atoms with Crippen molar-refractivity contribution in [3.05, 3.63) is 35.9 Å². The Balaban J connectivity index is 2.38. The monoisotopic (exact) mass is 248 g/mol. The van der Waals surface area contributed by atoms with Crippen LogP contribution in [0.25, 0.3) is 11.4 Å². The Bertz CT molecular complexity index is 603. The van der Waals surface area contributed by atoms with Gasteiger partial charge in [-0.15, -0.1) is 0 Å². The molecule has 2 heterocycles. The van der Waals surface area contributed by atoms with Crippen LogP contribution in [0.3, 0.4) is 0 Å². The second kappa shape index (κ2) is 4.74. The normalized spacial score (nSPS) is 10.1. The van der Waals surface area contributed by atoms with Gasteiger partial charge in [-0.25, -0.2) is 19.2 Å². The fraction of sp³-hybridized carbons (Fsp3) is 0.0909. The van der Waals surface area contributed by atoms with Crippen LogP contribution in [0.5, 0.6) is 6.01 Å². The summed E-state index contributed by atoms with van der Waals surface area (Å²) in [6, 6.07) is 4.14.